The van der Waals surface area contributed by atoms with Crippen molar-refractivity contribution in [2.45, 2.75) is 126 Å². The summed E-state index contributed by atoms with van der Waals surface area (Å²) in [6, 6.07) is 10.1. The molecule has 240 valence electrons. The van der Waals surface area contributed by atoms with Crippen LogP contribution in [0.4, 0.5) is 0 Å². The largest absolute Gasteiger partial charge is 0.462 e. The molecule has 1 N–H and O–H groups in total. The van der Waals surface area contributed by atoms with Gasteiger partial charge in [0.2, 0.25) is 5.91 Å². The first-order valence-corrected chi connectivity index (χ1v) is 17.3. The summed E-state index contributed by atoms with van der Waals surface area (Å²) in [6.07, 6.45) is 10.7. The molecule has 1 aromatic rings. The van der Waals surface area contributed by atoms with Crippen LogP contribution in [0.25, 0.3) is 0 Å². The van der Waals surface area contributed by atoms with Gasteiger partial charge >= 0.3 is 5.97 Å². The molecule has 44 heavy (non-hydrogen) atoms. The lowest BCUT2D eigenvalue weighted by molar-refractivity contribution is -0.210. The first-order chi connectivity index (χ1) is 20.5. The third kappa shape index (κ3) is 4.48. The molecule has 0 heterocycles. The highest BCUT2D eigenvalue weighted by atomic mass is 16.5. The zero-order valence-corrected chi connectivity index (χ0v) is 28.5. The van der Waals surface area contributed by atoms with Crippen molar-refractivity contribution >= 4 is 17.7 Å². The normalized spacial score (nSPS) is 44.2. The van der Waals surface area contributed by atoms with Crippen LogP contribution in [0.5, 0.6) is 0 Å². The fourth-order valence-corrected chi connectivity index (χ4v) is 11.8. The number of benzene rings is 1. The maximum Gasteiger partial charge on any atom is 0.302 e. The van der Waals surface area contributed by atoms with Gasteiger partial charge in [-0.15, -0.1) is 0 Å². The fourth-order valence-electron chi connectivity index (χ4n) is 11.8. The number of rotatable bonds is 4. The molecule has 0 saturated heterocycles. The first kappa shape index (κ1) is 31.5. The smallest absolute Gasteiger partial charge is 0.302 e. The Kier molecular flexibility index (Phi) is 7.38. The van der Waals surface area contributed by atoms with E-state index in [0.717, 1.165) is 63.4 Å². The molecule has 0 spiro atoms. The van der Waals surface area contributed by atoms with Crippen LogP contribution >= 0.6 is 0 Å². The van der Waals surface area contributed by atoms with Crippen LogP contribution in [-0.2, 0) is 25.7 Å². The molecule has 0 aromatic heterocycles. The average Bonchev–Trinajstić information content (AvgIpc) is 2.95. The Morgan fingerprint density at radius 3 is 2.25 bits per heavy atom. The molecule has 1 aromatic carbocycles. The molecule has 4 fully saturated rings. The Balaban J connectivity index is 1.32. The van der Waals surface area contributed by atoms with Crippen LogP contribution in [-0.4, -0.2) is 23.8 Å². The SMILES string of the molecule is CC(=O)OC1CCC2(C)C(CCC3(C)C2C(=O)C=C2C4CC(C)(C(=O)NCc5ccccc5)CCC4(C)CCC23C)C1(C)C. The van der Waals surface area contributed by atoms with Gasteiger partial charge in [0.25, 0.3) is 0 Å². The Morgan fingerprint density at radius 1 is 0.886 bits per heavy atom. The molecule has 1 amide bonds. The van der Waals surface area contributed by atoms with Crippen molar-refractivity contribution in [3.63, 3.8) is 0 Å². The van der Waals surface area contributed by atoms with E-state index in [2.05, 4.69) is 72.0 Å². The third-order valence-electron chi connectivity index (χ3n) is 14.7. The van der Waals surface area contributed by atoms with Gasteiger partial charge in [0.1, 0.15) is 6.10 Å². The molecule has 6 rings (SSSR count). The van der Waals surface area contributed by atoms with Crippen LogP contribution in [0.2, 0.25) is 0 Å². The minimum Gasteiger partial charge on any atom is -0.462 e. The minimum atomic E-state index is -0.457. The van der Waals surface area contributed by atoms with Crippen LogP contribution in [0.3, 0.4) is 0 Å². The summed E-state index contributed by atoms with van der Waals surface area (Å²) in [6.45, 7) is 18.5. The summed E-state index contributed by atoms with van der Waals surface area (Å²) in [4.78, 5) is 40.4. The predicted molar refractivity (Wildman–Crippen MR) is 173 cm³/mol. The molecule has 9 unspecified atom stereocenters. The zero-order valence-electron chi connectivity index (χ0n) is 28.5. The number of hydrogen-bond donors (Lipinski definition) is 1. The lowest BCUT2D eigenvalue weighted by Crippen LogP contribution is -2.66. The number of ether oxygens (including phenoxy) is 1. The second kappa shape index (κ2) is 10.3. The zero-order chi connectivity index (χ0) is 31.9. The number of allylic oxidation sites excluding steroid dienone is 2. The molecule has 5 aliphatic rings. The second-order valence-corrected chi connectivity index (χ2v) is 17.4. The van der Waals surface area contributed by atoms with Gasteiger partial charge in [-0.2, -0.15) is 0 Å². The molecular formula is C39H55NO4. The topological polar surface area (TPSA) is 72.5 Å². The van der Waals surface area contributed by atoms with Gasteiger partial charge in [0.15, 0.2) is 5.78 Å². The lowest BCUT2D eigenvalue weighted by atomic mass is 9.33. The van der Waals surface area contributed by atoms with Gasteiger partial charge in [-0.3, -0.25) is 14.4 Å². The number of esters is 1. The fraction of sp³-hybridized carbons (Fsp3) is 0.718. The van der Waals surface area contributed by atoms with E-state index in [1.165, 1.54) is 12.5 Å². The Bertz CT molecular complexity index is 1380. The van der Waals surface area contributed by atoms with Crippen molar-refractivity contribution in [3.8, 4) is 0 Å². The van der Waals surface area contributed by atoms with Gasteiger partial charge in [0, 0.05) is 30.2 Å². The third-order valence-corrected chi connectivity index (χ3v) is 14.7. The highest BCUT2D eigenvalue weighted by Gasteiger charge is 2.70. The van der Waals surface area contributed by atoms with E-state index in [1.807, 2.05) is 18.2 Å². The van der Waals surface area contributed by atoms with Gasteiger partial charge in [0.05, 0.1) is 0 Å². The van der Waals surface area contributed by atoms with E-state index in [-0.39, 0.29) is 56.9 Å². The number of hydrogen-bond acceptors (Lipinski definition) is 4. The summed E-state index contributed by atoms with van der Waals surface area (Å²) in [5, 5.41) is 3.26. The molecule has 4 saturated carbocycles. The van der Waals surface area contributed by atoms with E-state index in [4.69, 9.17) is 4.74 Å². The summed E-state index contributed by atoms with van der Waals surface area (Å²) in [5.41, 5.74) is 1.55. The van der Waals surface area contributed by atoms with Gasteiger partial charge in [-0.05, 0) is 103 Å². The number of amides is 1. The van der Waals surface area contributed by atoms with E-state index in [1.54, 1.807) is 0 Å². The Hall–Kier alpha value is -2.43. The number of carbonyl (C=O) groups is 3. The molecule has 5 aliphatic carbocycles. The number of carbonyl (C=O) groups excluding carboxylic acids is 3. The van der Waals surface area contributed by atoms with Crippen LogP contribution in [0.15, 0.2) is 42.0 Å². The first-order valence-electron chi connectivity index (χ1n) is 17.3. The van der Waals surface area contributed by atoms with Crippen molar-refractivity contribution in [2.75, 3.05) is 0 Å². The summed E-state index contributed by atoms with van der Waals surface area (Å²) >= 11 is 0. The highest BCUT2D eigenvalue weighted by Crippen LogP contribution is 2.75. The average molecular weight is 602 g/mol. The van der Waals surface area contributed by atoms with Gasteiger partial charge in [-0.25, -0.2) is 0 Å². The van der Waals surface area contributed by atoms with E-state index < -0.39 is 5.41 Å². The molecular weight excluding hydrogens is 546 g/mol. The van der Waals surface area contributed by atoms with Gasteiger partial charge < -0.3 is 10.1 Å². The minimum absolute atomic E-state index is 0.0476. The number of fused-ring (bicyclic) bond motifs is 7. The lowest BCUT2D eigenvalue weighted by Gasteiger charge is -2.70. The van der Waals surface area contributed by atoms with E-state index >= 15 is 0 Å². The molecule has 5 nitrogen and oxygen atoms in total. The van der Waals surface area contributed by atoms with Crippen molar-refractivity contribution in [1.29, 1.82) is 0 Å². The maximum atomic E-state index is 14.7. The molecule has 0 aliphatic heterocycles. The second-order valence-electron chi connectivity index (χ2n) is 17.4. The Morgan fingerprint density at radius 2 is 1.57 bits per heavy atom. The Labute approximate surface area is 265 Å². The standard InChI is InChI=1S/C39H55NO4/c1-25(41)44-31-15-16-37(6)30(34(31,2)3)14-17-39(8)32(37)29(42)22-27-28-23-36(5,19-18-35(28,4)20-21-38(27,39)7)33(43)40-24-26-12-10-9-11-13-26/h9-13,22,28,30-32H,14-21,23-24H2,1-8H3,(H,40,43). The van der Waals surface area contributed by atoms with Crippen LogP contribution in [0, 0.1) is 50.2 Å². The number of nitrogens with one attached hydrogen (secondary N) is 1. The quantitative estimate of drug-likeness (QED) is 0.353. The van der Waals surface area contributed by atoms with Crippen molar-refractivity contribution in [1.82, 2.24) is 5.32 Å². The van der Waals surface area contributed by atoms with E-state index in [0.29, 0.717) is 18.2 Å². The van der Waals surface area contributed by atoms with Gasteiger partial charge in [-0.1, -0.05) is 84.4 Å². The van der Waals surface area contributed by atoms with Crippen molar-refractivity contribution in [2.24, 2.45) is 50.2 Å². The monoisotopic (exact) mass is 601 g/mol. The number of ketones is 1. The molecule has 5 heteroatoms. The maximum absolute atomic E-state index is 14.7. The summed E-state index contributed by atoms with van der Waals surface area (Å²) in [7, 11) is 0. The molecule has 0 radical (unpaired) electrons. The van der Waals surface area contributed by atoms with Crippen molar-refractivity contribution < 1.29 is 19.1 Å². The highest BCUT2D eigenvalue weighted by molar-refractivity contribution is 5.95. The van der Waals surface area contributed by atoms with E-state index in [9.17, 15) is 14.4 Å². The molecule has 9 atom stereocenters. The summed E-state index contributed by atoms with van der Waals surface area (Å²) in [5.74, 6) is 0.731. The van der Waals surface area contributed by atoms with Crippen molar-refractivity contribution in [3.05, 3.63) is 47.5 Å². The summed E-state index contributed by atoms with van der Waals surface area (Å²) < 4.78 is 5.88. The molecule has 0 bridgehead atoms. The van der Waals surface area contributed by atoms with Crippen LogP contribution < -0.4 is 5.32 Å². The predicted octanol–water partition coefficient (Wildman–Crippen LogP) is 8.22. The van der Waals surface area contributed by atoms with Crippen LogP contribution in [0.1, 0.15) is 119 Å².